The summed E-state index contributed by atoms with van der Waals surface area (Å²) in [4.78, 5) is 10.4. The van der Waals surface area contributed by atoms with Crippen LogP contribution in [0.5, 0.6) is 5.75 Å². The van der Waals surface area contributed by atoms with Gasteiger partial charge in [0.15, 0.2) is 5.96 Å². The number of para-hydroxylation sites is 2. The fraction of sp³-hybridized carbons (Fsp3) is 0.650. The predicted molar refractivity (Wildman–Crippen MR) is 111 cm³/mol. The van der Waals surface area contributed by atoms with E-state index in [4.69, 9.17) is 4.74 Å². The molecule has 1 heterocycles. The van der Waals surface area contributed by atoms with Crippen LogP contribution in [0.3, 0.4) is 0 Å². The van der Waals surface area contributed by atoms with Gasteiger partial charge in [-0.3, -0.25) is 9.89 Å². The molecular formula is C20H32F3N5O. The van der Waals surface area contributed by atoms with Crippen LogP contribution in [-0.4, -0.2) is 88.5 Å². The Morgan fingerprint density at radius 2 is 1.90 bits per heavy atom. The van der Waals surface area contributed by atoms with E-state index in [0.717, 1.165) is 50.1 Å². The van der Waals surface area contributed by atoms with E-state index >= 15 is 0 Å². The summed E-state index contributed by atoms with van der Waals surface area (Å²) in [7, 11) is 3.16. The monoisotopic (exact) mass is 415 g/mol. The number of nitrogens with zero attached hydrogens (tertiary/aromatic N) is 4. The molecule has 1 fully saturated rings. The van der Waals surface area contributed by atoms with Crippen molar-refractivity contribution in [2.45, 2.75) is 19.5 Å². The van der Waals surface area contributed by atoms with E-state index in [1.807, 2.05) is 25.1 Å². The van der Waals surface area contributed by atoms with Crippen LogP contribution in [0.25, 0.3) is 0 Å². The van der Waals surface area contributed by atoms with E-state index in [1.165, 1.54) is 11.9 Å². The lowest BCUT2D eigenvalue weighted by molar-refractivity contribution is -0.143. The number of nitrogens with one attached hydrogen (secondary N) is 1. The number of aliphatic imine (C=N–C) groups is 1. The summed E-state index contributed by atoms with van der Waals surface area (Å²) in [5.41, 5.74) is 1.09. The second-order valence-electron chi connectivity index (χ2n) is 7.09. The quantitative estimate of drug-likeness (QED) is 0.402. The number of benzene rings is 1. The molecule has 2 rings (SSSR count). The number of hydrogen-bond donors (Lipinski definition) is 1. The number of rotatable bonds is 8. The van der Waals surface area contributed by atoms with Crippen LogP contribution in [0.15, 0.2) is 29.3 Å². The van der Waals surface area contributed by atoms with Gasteiger partial charge in [0.2, 0.25) is 0 Å². The number of guanidine groups is 1. The summed E-state index contributed by atoms with van der Waals surface area (Å²) in [6, 6.07) is 7.99. The first-order chi connectivity index (χ1) is 13.8. The first-order valence-corrected chi connectivity index (χ1v) is 10.0. The molecule has 0 saturated carbocycles. The van der Waals surface area contributed by atoms with Crippen molar-refractivity contribution in [1.29, 1.82) is 0 Å². The van der Waals surface area contributed by atoms with Crippen molar-refractivity contribution in [2.75, 3.05) is 71.4 Å². The molecule has 0 atom stereocenters. The minimum atomic E-state index is -4.16. The summed E-state index contributed by atoms with van der Waals surface area (Å²) in [6.07, 6.45) is -3.57. The normalized spacial score (nSPS) is 15.8. The Labute approximate surface area is 171 Å². The third-order valence-electron chi connectivity index (χ3n) is 4.75. The Balaban J connectivity index is 1.86. The van der Waals surface area contributed by atoms with Crippen molar-refractivity contribution in [3.8, 4) is 5.75 Å². The molecule has 0 unspecified atom stereocenters. The Kier molecular flexibility index (Phi) is 8.88. The van der Waals surface area contributed by atoms with E-state index in [1.54, 1.807) is 7.11 Å². The van der Waals surface area contributed by atoms with Gasteiger partial charge in [-0.15, -0.1) is 0 Å². The molecule has 9 heteroatoms. The highest BCUT2D eigenvalue weighted by Crippen LogP contribution is 2.28. The van der Waals surface area contributed by atoms with Crippen LogP contribution in [0, 0.1) is 0 Å². The highest BCUT2D eigenvalue weighted by Gasteiger charge is 2.28. The van der Waals surface area contributed by atoms with Gasteiger partial charge < -0.3 is 19.9 Å². The van der Waals surface area contributed by atoms with E-state index in [9.17, 15) is 13.2 Å². The molecule has 1 aliphatic heterocycles. The maximum atomic E-state index is 12.4. The average Bonchev–Trinajstić information content (AvgIpc) is 2.69. The summed E-state index contributed by atoms with van der Waals surface area (Å²) in [5, 5.41) is 3.29. The number of halogens is 3. The fourth-order valence-corrected chi connectivity index (χ4v) is 3.39. The van der Waals surface area contributed by atoms with E-state index in [-0.39, 0.29) is 0 Å². The topological polar surface area (TPSA) is 43.3 Å². The summed E-state index contributed by atoms with van der Waals surface area (Å²) in [5.74, 6) is 1.69. The standard InChI is InChI=1S/C20H32F3N5O/c1-4-24-19(25-10-7-11-26(2)16-20(21,22)23)28-14-12-27(13-15-28)17-8-5-6-9-18(17)29-3/h5-6,8-9H,4,7,10-16H2,1-3H3,(H,24,25). The number of hydrogen-bond acceptors (Lipinski definition) is 4. The maximum Gasteiger partial charge on any atom is 0.401 e. The van der Waals surface area contributed by atoms with Crippen LogP contribution in [0.2, 0.25) is 0 Å². The second kappa shape index (κ2) is 11.1. The molecule has 1 aromatic carbocycles. The van der Waals surface area contributed by atoms with Crippen LogP contribution in [0.4, 0.5) is 18.9 Å². The summed E-state index contributed by atoms with van der Waals surface area (Å²) >= 11 is 0. The molecule has 164 valence electrons. The molecule has 1 aromatic rings. The molecule has 29 heavy (non-hydrogen) atoms. The Morgan fingerprint density at radius 3 is 2.52 bits per heavy atom. The van der Waals surface area contributed by atoms with Gasteiger partial charge in [0.1, 0.15) is 5.75 Å². The first kappa shape index (κ1) is 23.1. The van der Waals surface area contributed by atoms with Crippen LogP contribution < -0.4 is 15.0 Å². The van der Waals surface area contributed by atoms with Gasteiger partial charge in [0, 0.05) is 39.3 Å². The molecule has 0 radical (unpaired) electrons. The van der Waals surface area contributed by atoms with Crippen LogP contribution in [0.1, 0.15) is 13.3 Å². The average molecular weight is 416 g/mol. The Bertz CT molecular complexity index is 645. The Hall–Kier alpha value is -2.16. The molecular weight excluding hydrogens is 383 g/mol. The molecule has 0 spiro atoms. The zero-order valence-electron chi connectivity index (χ0n) is 17.5. The molecule has 1 N–H and O–H groups in total. The molecule has 1 saturated heterocycles. The van der Waals surface area contributed by atoms with Crippen molar-refractivity contribution in [2.24, 2.45) is 4.99 Å². The zero-order chi connectivity index (χ0) is 21.3. The van der Waals surface area contributed by atoms with Gasteiger partial charge in [0.25, 0.3) is 0 Å². The molecule has 0 aliphatic carbocycles. The zero-order valence-corrected chi connectivity index (χ0v) is 17.5. The van der Waals surface area contributed by atoms with E-state index in [2.05, 4.69) is 26.2 Å². The molecule has 6 nitrogen and oxygen atoms in total. The van der Waals surface area contributed by atoms with Crippen LogP contribution in [-0.2, 0) is 0 Å². The number of anilines is 1. The van der Waals surface area contributed by atoms with Crippen molar-refractivity contribution in [1.82, 2.24) is 15.1 Å². The number of methoxy groups -OCH3 is 1. The first-order valence-electron chi connectivity index (χ1n) is 10.0. The lowest BCUT2D eigenvalue weighted by Gasteiger charge is -2.38. The smallest absolute Gasteiger partial charge is 0.401 e. The van der Waals surface area contributed by atoms with E-state index < -0.39 is 12.7 Å². The minimum Gasteiger partial charge on any atom is -0.495 e. The highest BCUT2D eigenvalue weighted by molar-refractivity contribution is 5.80. The SMILES string of the molecule is CCNC(=NCCCN(C)CC(F)(F)F)N1CCN(c2ccccc2OC)CC1. The molecule has 0 amide bonds. The van der Waals surface area contributed by atoms with Crippen molar-refractivity contribution in [3.63, 3.8) is 0 Å². The van der Waals surface area contributed by atoms with E-state index in [0.29, 0.717) is 19.5 Å². The number of alkyl halides is 3. The maximum absolute atomic E-state index is 12.4. The van der Waals surface area contributed by atoms with Crippen molar-refractivity contribution in [3.05, 3.63) is 24.3 Å². The van der Waals surface area contributed by atoms with Gasteiger partial charge in [-0.25, -0.2) is 0 Å². The second-order valence-corrected chi connectivity index (χ2v) is 7.09. The lowest BCUT2D eigenvalue weighted by Crippen LogP contribution is -2.52. The van der Waals surface area contributed by atoms with Crippen molar-refractivity contribution < 1.29 is 17.9 Å². The van der Waals surface area contributed by atoms with Gasteiger partial charge in [-0.05, 0) is 39.1 Å². The van der Waals surface area contributed by atoms with Gasteiger partial charge >= 0.3 is 6.18 Å². The van der Waals surface area contributed by atoms with Gasteiger partial charge in [0.05, 0.1) is 19.3 Å². The fourth-order valence-electron chi connectivity index (χ4n) is 3.39. The van der Waals surface area contributed by atoms with Crippen molar-refractivity contribution >= 4 is 11.6 Å². The summed E-state index contributed by atoms with van der Waals surface area (Å²) in [6.45, 7) is 6.06. The molecule has 0 aromatic heterocycles. The van der Waals surface area contributed by atoms with Gasteiger partial charge in [-0.1, -0.05) is 12.1 Å². The van der Waals surface area contributed by atoms with Gasteiger partial charge in [-0.2, -0.15) is 13.2 Å². The number of piperazine rings is 1. The van der Waals surface area contributed by atoms with Crippen LogP contribution >= 0.6 is 0 Å². The predicted octanol–water partition coefficient (Wildman–Crippen LogP) is 2.67. The molecule has 0 bridgehead atoms. The third kappa shape index (κ3) is 7.64. The third-order valence-corrected chi connectivity index (χ3v) is 4.75. The molecule has 1 aliphatic rings. The largest absolute Gasteiger partial charge is 0.495 e. The number of ether oxygens (including phenoxy) is 1. The summed E-state index contributed by atoms with van der Waals surface area (Å²) < 4.78 is 42.6. The highest BCUT2D eigenvalue weighted by atomic mass is 19.4. The Morgan fingerprint density at radius 1 is 1.21 bits per heavy atom. The minimum absolute atomic E-state index is 0.365. The lowest BCUT2D eigenvalue weighted by atomic mass is 10.2.